The van der Waals surface area contributed by atoms with Crippen LogP contribution in [0.2, 0.25) is 0 Å². The van der Waals surface area contributed by atoms with E-state index in [-0.39, 0.29) is 0 Å². The number of rotatable bonds is 18. The van der Waals surface area contributed by atoms with Crippen molar-refractivity contribution < 1.29 is 70.1 Å². The zero-order valence-corrected chi connectivity index (χ0v) is 28.0. The Balaban J connectivity index is -0.000000183. The van der Waals surface area contributed by atoms with E-state index >= 15 is 0 Å². The first-order chi connectivity index (χ1) is 18.8. The van der Waals surface area contributed by atoms with E-state index in [0.29, 0.717) is 0 Å². The van der Waals surface area contributed by atoms with Gasteiger partial charge in [-0.2, -0.15) is 33.7 Å². The molecule has 0 aromatic heterocycles. The maximum absolute atomic E-state index is 8.74. The maximum Gasteiger partial charge on any atom is 0.394 e. The summed E-state index contributed by atoms with van der Waals surface area (Å²) in [5.41, 5.74) is 0. The van der Waals surface area contributed by atoms with Gasteiger partial charge in [0.25, 0.3) is 0 Å². The molecule has 8 N–H and O–H groups in total. The van der Waals surface area contributed by atoms with Crippen LogP contribution in [-0.2, 0) is 41.6 Å². The lowest BCUT2D eigenvalue weighted by Gasteiger charge is -2.07. The van der Waals surface area contributed by atoms with Gasteiger partial charge in [-0.1, -0.05) is 136 Å². The summed E-state index contributed by atoms with van der Waals surface area (Å²) in [7, 11) is -18.7. The molecule has 0 aromatic carbocycles. The van der Waals surface area contributed by atoms with Gasteiger partial charge in [0, 0.05) is 0 Å². The molecule has 0 amide bonds. The standard InChI is InChI=1S/C22H46.4H2O4S/c1-4-6-7-8-9-10-11-12-13-14-15-16-17-18-19-20-21-22(3)5-2;4*1-5(2,3)4/h22H,4-21H2,1-3H3;4*(H2,1,2,3,4). The molecule has 0 fully saturated rings. The Morgan fingerprint density at radius 2 is 0.548 bits per heavy atom. The maximum atomic E-state index is 8.74. The highest BCUT2D eigenvalue weighted by Gasteiger charge is 1.98. The topological polar surface area (TPSA) is 298 Å². The highest BCUT2D eigenvalue weighted by Crippen LogP contribution is 2.16. The molecule has 0 heterocycles. The van der Waals surface area contributed by atoms with Gasteiger partial charge in [0.05, 0.1) is 0 Å². The van der Waals surface area contributed by atoms with E-state index in [1.807, 2.05) is 0 Å². The predicted octanol–water partition coefficient (Wildman–Crippen LogP) is 6.07. The Labute approximate surface area is 253 Å². The fourth-order valence-electron chi connectivity index (χ4n) is 3.25. The first-order valence-electron chi connectivity index (χ1n) is 13.6. The Kier molecular flexibility index (Phi) is 38.8. The molecule has 0 saturated heterocycles. The molecule has 0 aromatic rings. The number of hydrogen-bond donors (Lipinski definition) is 8. The fourth-order valence-corrected chi connectivity index (χ4v) is 3.25. The van der Waals surface area contributed by atoms with E-state index in [0.717, 1.165) is 5.92 Å². The normalized spacial score (nSPS) is 12.2. The summed E-state index contributed by atoms with van der Waals surface area (Å²) in [4.78, 5) is 0. The van der Waals surface area contributed by atoms with Crippen LogP contribution in [0.3, 0.4) is 0 Å². The van der Waals surface area contributed by atoms with Crippen LogP contribution in [0.25, 0.3) is 0 Å². The van der Waals surface area contributed by atoms with Gasteiger partial charge >= 0.3 is 41.6 Å². The van der Waals surface area contributed by atoms with E-state index in [4.69, 9.17) is 70.1 Å². The second-order valence-corrected chi connectivity index (χ2v) is 13.0. The highest BCUT2D eigenvalue weighted by atomic mass is 32.3. The summed E-state index contributed by atoms with van der Waals surface area (Å²) in [6, 6.07) is 0. The van der Waals surface area contributed by atoms with E-state index in [2.05, 4.69) is 20.8 Å². The van der Waals surface area contributed by atoms with Crippen molar-refractivity contribution in [3.8, 4) is 0 Å². The first-order valence-corrected chi connectivity index (χ1v) is 19.2. The molecule has 1 atom stereocenters. The Hall–Kier alpha value is -0.520. The van der Waals surface area contributed by atoms with Crippen molar-refractivity contribution in [1.29, 1.82) is 0 Å². The van der Waals surface area contributed by atoms with Crippen molar-refractivity contribution in [3.63, 3.8) is 0 Å². The Bertz CT molecular complexity index is 827. The predicted molar refractivity (Wildman–Crippen MR) is 160 cm³/mol. The van der Waals surface area contributed by atoms with Gasteiger partial charge in [-0.15, -0.1) is 0 Å². The van der Waals surface area contributed by atoms with Crippen molar-refractivity contribution in [1.82, 2.24) is 0 Å². The van der Waals surface area contributed by atoms with E-state index in [9.17, 15) is 0 Å². The molecule has 0 aliphatic rings. The van der Waals surface area contributed by atoms with Crippen molar-refractivity contribution >= 4 is 41.6 Å². The second kappa shape index (κ2) is 31.9. The van der Waals surface area contributed by atoms with Gasteiger partial charge in [-0.3, -0.25) is 36.4 Å². The first kappa shape index (κ1) is 51.1. The summed E-state index contributed by atoms with van der Waals surface area (Å²) >= 11 is 0. The third-order valence-electron chi connectivity index (χ3n) is 5.25. The minimum absolute atomic E-state index is 0.951. The van der Waals surface area contributed by atoms with Gasteiger partial charge in [0.1, 0.15) is 0 Å². The summed E-state index contributed by atoms with van der Waals surface area (Å²) in [6.45, 7) is 7.01. The van der Waals surface area contributed by atoms with E-state index < -0.39 is 41.6 Å². The van der Waals surface area contributed by atoms with E-state index in [1.165, 1.54) is 116 Å². The fraction of sp³-hybridized carbons (Fsp3) is 1.00. The minimum atomic E-state index is -4.67. The van der Waals surface area contributed by atoms with Gasteiger partial charge in [-0.05, 0) is 5.92 Å². The van der Waals surface area contributed by atoms with Crippen LogP contribution < -0.4 is 0 Å². The third kappa shape index (κ3) is 154. The van der Waals surface area contributed by atoms with Crippen molar-refractivity contribution in [2.75, 3.05) is 0 Å². The molecule has 0 bridgehead atoms. The average molecular weight is 703 g/mol. The molecule has 0 rings (SSSR count). The summed E-state index contributed by atoms with van der Waals surface area (Å²) in [6.07, 6.45) is 26.4. The average Bonchev–Trinajstić information content (AvgIpc) is 2.74. The smallest absolute Gasteiger partial charge is 0.264 e. The van der Waals surface area contributed by atoms with Crippen LogP contribution in [0.1, 0.15) is 136 Å². The number of unbranched alkanes of at least 4 members (excludes halogenated alkanes) is 15. The zero-order chi connectivity index (χ0) is 34.3. The molecule has 1 unspecified atom stereocenters. The molecule has 0 saturated carbocycles. The summed E-state index contributed by atoms with van der Waals surface area (Å²) < 4.78 is 126. The molecule has 262 valence electrons. The SMILES string of the molecule is CCCCCCCCCCCCCCCCCCC(C)CC.O=S(=O)(O)O.O=S(=O)(O)O.O=S(=O)(O)O.O=S(=O)(O)O. The van der Waals surface area contributed by atoms with Crippen LogP contribution >= 0.6 is 0 Å². The van der Waals surface area contributed by atoms with Crippen molar-refractivity contribution in [2.24, 2.45) is 5.92 Å². The van der Waals surface area contributed by atoms with Crippen LogP contribution in [0, 0.1) is 5.92 Å². The van der Waals surface area contributed by atoms with Crippen LogP contribution in [-0.4, -0.2) is 70.1 Å². The van der Waals surface area contributed by atoms with Crippen LogP contribution in [0.4, 0.5) is 0 Å². The van der Waals surface area contributed by atoms with E-state index in [1.54, 1.807) is 0 Å². The molecular formula is C22H54O16S4. The molecule has 0 aliphatic heterocycles. The largest absolute Gasteiger partial charge is 0.394 e. The van der Waals surface area contributed by atoms with Gasteiger partial charge in [-0.25, -0.2) is 0 Å². The summed E-state index contributed by atoms with van der Waals surface area (Å²) in [5, 5.41) is 0. The minimum Gasteiger partial charge on any atom is -0.264 e. The highest BCUT2D eigenvalue weighted by molar-refractivity contribution is 7.80. The zero-order valence-electron chi connectivity index (χ0n) is 24.8. The van der Waals surface area contributed by atoms with Gasteiger partial charge in [0.2, 0.25) is 0 Å². The van der Waals surface area contributed by atoms with Crippen molar-refractivity contribution in [3.05, 3.63) is 0 Å². The quantitative estimate of drug-likeness (QED) is 0.0593. The Morgan fingerprint density at radius 3 is 0.714 bits per heavy atom. The number of hydrogen-bond acceptors (Lipinski definition) is 8. The third-order valence-corrected chi connectivity index (χ3v) is 5.25. The lowest BCUT2D eigenvalue weighted by atomic mass is 9.99. The van der Waals surface area contributed by atoms with Gasteiger partial charge in [0.15, 0.2) is 0 Å². The monoisotopic (exact) mass is 702 g/mol. The molecule has 0 aliphatic carbocycles. The molecule has 42 heavy (non-hydrogen) atoms. The molecule has 0 radical (unpaired) electrons. The summed E-state index contributed by atoms with van der Waals surface area (Å²) in [5.74, 6) is 0.951. The van der Waals surface area contributed by atoms with Crippen molar-refractivity contribution in [2.45, 2.75) is 136 Å². The Morgan fingerprint density at radius 1 is 0.381 bits per heavy atom. The molecule has 16 nitrogen and oxygen atoms in total. The van der Waals surface area contributed by atoms with Crippen LogP contribution in [0.5, 0.6) is 0 Å². The molecule has 0 spiro atoms. The lowest BCUT2D eigenvalue weighted by Crippen LogP contribution is -1.91. The lowest BCUT2D eigenvalue weighted by molar-refractivity contribution is 0.378. The second-order valence-electron chi connectivity index (χ2n) is 9.40. The molecular weight excluding hydrogens is 648 g/mol. The van der Waals surface area contributed by atoms with Gasteiger partial charge < -0.3 is 0 Å². The van der Waals surface area contributed by atoms with Crippen LogP contribution in [0.15, 0.2) is 0 Å². The molecule has 20 heteroatoms.